The van der Waals surface area contributed by atoms with Gasteiger partial charge in [0.1, 0.15) is 6.54 Å². The molecule has 0 aliphatic carbocycles. The van der Waals surface area contributed by atoms with Gasteiger partial charge in [0.05, 0.1) is 6.10 Å². The first kappa shape index (κ1) is 24.5. The van der Waals surface area contributed by atoms with E-state index in [4.69, 9.17) is 4.74 Å². The van der Waals surface area contributed by atoms with Crippen molar-refractivity contribution in [3.05, 3.63) is 35.4 Å². The lowest BCUT2D eigenvalue weighted by Gasteiger charge is -2.33. The van der Waals surface area contributed by atoms with Crippen LogP contribution in [0.5, 0.6) is 0 Å². The quantitative estimate of drug-likeness (QED) is 0.477. The standard InChI is InChI=1S/C25H41N5O2/c1-5-30-14-6-9-22(30)17-27-25(28-18-23(31)29(3)4)26-16-21-8-7-15-32-24(21)20-12-10-19(2)11-13-20/h10-13,21-22,24H,5-9,14-18H2,1-4H3,(H2,26,27,28). The van der Waals surface area contributed by atoms with Crippen LogP contribution in [0.15, 0.2) is 29.3 Å². The molecule has 2 heterocycles. The average Bonchev–Trinajstić information content (AvgIpc) is 3.26. The maximum atomic E-state index is 12.1. The summed E-state index contributed by atoms with van der Waals surface area (Å²) in [6, 6.07) is 9.19. The number of amides is 1. The van der Waals surface area contributed by atoms with Gasteiger partial charge < -0.3 is 20.3 Å². The summed E-state index contributed by atoms with van der Waals surface area (Å²) in [7, 11) is 3.53. The van der Waals surface area contributed by atoms with Crippen molar-refractivity contribution in [1.82, 2.24) is 20.4 Å². The number of benzene rings is 1. The van der Waals surface area contributed by atoms with Crippen LogP contribution in [0.2, 0.25) is 0 Å². The van der Waals surface area contributed by atoms with E-state index in [0.29, 0.717) is 12.0 Å². The Morgan fingerprint density at radius 3 is 2.62 bits per heavy atom. The maximum absolute atomic E-state index is 12.1. The maximum Gasteiger partial charge on any atom is 0.243 e. The van der Waals surface area contributed by atoms with Crippen molar-refractivity contribution >= 4 is 11.9 Å². The second-order valence-electron chi connectivity index (χ2n) is 9.24. The second-order valence-corrected chi connectivity index (χ2v) is 9.24. The first-order valence-electron chi connectivity index (χ1n) is 12.1. The fourth-order valence-corrected chi connectivity index (χ4v) is 4.62. The third-order valence-electron chi connectivity index (χ3n) is 6.66. The third kappa shape index (κ3) is 6.94. The summed E-state index contributed by atoms with van der Waals surface area (Å²) in [6.45, 7) is 9.13. The van der Waals surface area contributed by atoms with E-state index in [1.165, 1.54) is 30.5 Å². The van der Waals surface area contributed by atoms with Crippen LogP contribution in [0.3, 0.4) is 0 Å². The largest absolute Gasteiger partial charge is 0.373 e. The first-order chi connectivity index (χ1) is 15.5. The zero-order valence-corrected chi connectivity index (χ0v) is 20.3. The molecule has 3 atom stereocenters. The van der Waals surface area contributed by atoms with Crippen LogP contribution < -0.4 is 10.6 Å². The average molecular weight is 444 g/mol. The predicted molar refractivity (Wildman–Crippen MR) is 130 cm³/mol. The number of likely N-dealkylation sites (N-methyl/N-ethyl adjacent to an activating group) is 2. The number of nitrogens with one attached hydrogen (secondary N) is 2. The molecule has 1 aromatic carbocycles. The minimum absolute atomic E-state index is 0.000632. The zero-order chi connectivity index (χ0) is 22.9. The monoisotopic (exact) mass is 443 g/mol. The lowest BCUT2D eigenvalue weighted by molar-refractivity contribution is -0.127. The molecule has 0 radical (unpaired) electrons. The lowest BCUT2D eigenvalue weighted by Crippen LogP contribution is -2.47. The molecule has 178 valence electrons. The van der Waals surface area contributed by atoms with Gasteiger partial charge in [0.25, 0.3) is 0 Å². The number of ether oxygens (including phenoxy) is 1. The van der Waals surface area contributed by atoms with Crippen LogP contribution in [0.1, 0.15) is 49.8 Å². The normalized spacial score (nSPS) is 24.4. The number of rotatable bonds is 8. The smallest absolute Gasteiger partial charge is 0.243 e. The van der Waals surface area contributed by atoms with E-state index in [1.807, 2.05) is 0 Å². The molecule has 2 saturated heterocycles. The number of hydrogen-bond acceptors (Lipinski definition) is 4. The topological polar surface area (TPSA) is 69.2 Å². The SMILES string of the molecule is CCN1CCCC1CNC(=NCC(=O)N(C)C)NCC1CCCOC1c1ccc(C)cc1. The summed E-state index contributed by atoms with van der Waals surface area (Å²) in [6.07, 6.45) is 4.73. The van der Waals surface area contributed by atoms with E-state index in [1.54, 1.807) is 19.0 Å². The summed E-state index contributed by atoms with van der Waals surface area (Å²) < 4.78 is 6.18. The molecule has 1 aromatic rings. The molecular weight excluding hydrogens is 402 g/mol. The van der Waals surface area contributed by atoms with E-state index in [2.05, 4.69) is 58.6 Å². The predicted octanol–water partition coefficient (Wildman–Crippen LogP) is 2.57. The van der Waals surface area contributed by atoms with E-state index in [-0.39, 0.29) is 18.6 Å². The Kier molecular flexibility index (Phi) is 9.36. The summed E-state index contributed by atoms with van der Waals surface area (Å²) >= 11 is 0. The minimum atomic E-state index is 0.000632. The van der Waals surface area contributed by atoms with E-state index < -0.39 is 0 Å². The van der Waals surface area contributed by atoms with Gasteiger partial charge in [-0.25, -0.2) is 4.99 Å². The molecule has 2 N–H and O–H groups in total. The van der Waals surface area contributed by atoms with Crippen molar-refractivity contribution in [1.29, 1.82) is 0 Å². The molecule has 2 fully saturated rings. The van der Waals surface area contributed by atoms with Gasteiger partial charge in [-0.15, -0.1) is 0 Å². The van der Waals surface area contributed by atoms with E-state index in [9.17, 15) is 4.79 Å². The Morgan fingerprint density at radius 2 is 1.91 bits per heavy atom. The second kappa shape index (κ2) is 12.2. The lowest BCUT2D eigenvalue weighted by atomic mass is 9.89. The number of guanidine groups is 1. The summed E-state index contributed by atoms with van der Waals surface area (Å²) in [5.41, 5.74) is 2.50. The number of nitrogens with zero attached hydrogens (tertiary/aromatic N) is 3. The first-order valence-corrected chi connectivity index (χ1v) is 12.1. The molecule has 0 spiro atoms. The molecule has 0 aromatic heterocycles. The summed E-state index contributed by atoms with van der Waals surface area (Å²) in [5, 5.41) is 7.03. The molecule has 0 saturated carbocycles. The highest BCUT2D eigenvalue weighted by molar-refractivity contribution is 5.84. The Hall–Kier alpha value is -2.12. The van der Waals surface area contributed by atoms with E-state index >= 15 is 0 Å². The summed E-state index contributed by atoms with van der Waals surface area (Å²) in [5.74, 6) is 1.08. The molecule has 2 aliphatic rings. The van der Waals surface area contributed by atoms with Gasteiger partial charge >= 0.3 is 0 Å². The summed E-state index contributed by atoms with van der Waals surface area (Å²) in [4.78, 5) is 20.8. The zero-order valence-electron chi connectivity index (χ0n) is 20.3. The number of aliphatic imine (C=N–C) groups is 1. The number of carbonyl (C=O) groups excluding carboxylic acids is 1. The fourth-order valence-electron chi connectivity index (χ4n) is 4.62. The fraction of sp³-hybridized carbons (Fsp3) is 0.680. The Morgan fingerprint density at radius 1 is 1.16 bits per heavy atom. The van der Waals surface area contributed by atoms with Gasteiger partial charge in [-0.1, -0.05) is 36.8 Å². The van der Waals surface area contributed by atoms with Crippen LogP contribution in [0, 0.1) is 12.8 Å². The molecular formula is C25H41N5O2. The van der Waals surface area contributed by atoms with Gasteiger partial charge in [-0.2, -0.15) is 0 Å². The molecule has 3 unspecified atom stereocenters. The van der Waals surface area contributed by atoms with Gasteiger partial charge in [-0.3, -0.25) is 9.69 Å². The molecule has 7 heteroatoms. The van der Waals surface area contributed by atoms with Crippen molar-refractivity contribution in [3.63, 3.8) is 0 Å². The van der Waals surface area contributed by atoms with Gasteiger partial charge in [0, 0.05) is 45.8 Å². The van der Waals surface area contributed by atoms with Crippen LogP contribution in [-0.4, -0.2) is 81.1 Å². The minimum Gasteiger partial charge on any atom is -0.373 e. The highest BCUT2D eigenvalue weighted by atomic mass is 16.5. The van der Waals surface area contributed by atoms with Gasteiger partial charge in [0.2, 0.25) is 5.91 Å². The Bertz CT molecular complexity index is 749. The van der Waals surface area contributed by atoms with Crippen molar-refractivity contribution < 1.29 is 9.53 Å². The van der Waals surface area contributed by atoms with Crippen LogP contribution in [0.4, 0.5) is 0 Å². The molecule has 32 heavy (non-hydrogen) atoms. The van der Waals surface area contributed by atoms with Gasteiger partial charge in [-0.05, 0) is 51.3 Å². The number of likely N-dealkylation sites (tertiary alicyclic amines) is 1. The van der Waals surface area contributed by atoms with Crippen LogP contribution in [-0.2, 0) is 9.53 Å². The highest BCUT2D eigenvalue weighted by Gasteiger charge is 2.28. The number of carbonyl (C=O) groups is 1. The van der Waals surface area contributed by atoms with Crippen molar-refractivity contribution in [2.75, 3.05) is 53.4 Å². The Balaban J connectivity index is 1.63. The molecule has 3 rings (SSSR count). The molecule has 7 nitrogen and oxygen atoms in total. The van der Waals surface area contributed by atoms with Crippen LogP contribution >= 0.6 is 0 Å². The molecule has 0 bridgehead atoms. The van der Waals surface area contributed by atoms with Crippen molar-refractivity contribution in [2.45, 2.75) is 51.7 Å². The molecule has 2 aliphatic heterocycles. The van der Waals surface area contributed by atoms with E-state index in [0.717, 1.165) is 45.0 Å². The van der Waals surface area contributed by atoms with Crippen molar-refractivity contribution in [2.24, 2.45) is 10.9 Å². The van der Waals surface area contributed by atoms with Gasteiger partial charge in [0.15, 0.2) is 5.96 Å². The number of hydrogen-bond donors (Lipinski definition) is 2. The Labute approximate surface area is 193 Å². The van der Waals surface area contributed by atoms with Crippen LogP contribution in [0.25, 0.3) is 0 Å². The third-order valence-corrected chi connectivity index (χ3v) is 6.66. The molecule has 1 amide bonds. The van der Waals surface area contributed by atoms with Crippen molar-refractivity contribution in [3.8, 4) is 0 Å². The highest BCUT2D eigenvalue weighted by Crippen LogP contribution is 2.33. The number of aryl methyl sites for hydroxylation is 1.